The van der Waals surface area contributed by atoms with Crippen LogP contribution in [0.4, 0.5) is 0 Å². The van der Waals surface area contributed by atoms with Crippen molar-refractivity contribution in [1.29, 1.82) is 0 Å². The van der Waals surface area contributed by atoms with Gasteiger partial charge in [-0.1, -0.05) is 34.1 Å². The largest absolute Gasteiger partial charge is 0.507 e. The molecule has 3 rings (SSSR count). The SMILES string of the molecule is CC(C)C1=C(O)C2=C(C(=O)C1=O)[C@@]1(C(=O)O)CCCC(C)(C)[C@@H]1CC2. The summed E-state index contributed by atoms with van der Waals surface area (Å²) < 4.78 is 0. The molecule has 1 fully saturated rings. The van der Waals surface area contributed by atoms with Gasteiger partial charge >= 0.3 is 5.97 Å². The fourth-order valence-electron chi connectivity index (χ4n) is 5.44. The van der Waals surface area contributed by atoms with Crippen molar-refractivity contribution in [2.75, 3.05) is 0 Å². The van der Waals surface area contributed by atoms with E-state index in [0.717, 1.165) is 6.42 Å². The quantitative estimate of drug-likeness (QED) is 0.589. The molecule has 0 spiro atoms. The number of fused-ring (bicyclic) bond motifs is 2. The summed E-state index contributed by atoms with van der Waals surface area (Å²) in [4.78, 5) is 38.0. The average Bonchev–Trinajstić information content (AvgIpc) is 2.51. The first-order chi connectivity index (χ1) is 11.6. The van der Waals surface area contributed by atoms with Crippen molar-refractivity contribution in [2.45, 2.75) is 59.8 Å². The molecule has 25 heavy (non-hydrogen) atoms. The summed E-state index contributed by atoms with van der Waals surface area (Å²) in [6.45, 7) is 7.60. The number of aliphatic carboxylic acids is 1. The maximum absolute atomic E-state index is 13.0. The Hall–Kier alpha value is -1.91. The molecule has 0 radical (unpaired) electrons. The van der Waals surface area contributed by atoms with Crippen molar-refractivity contribution < 1.29 is 24.6 Å². The van der Waals surface area contributed by atoms with Gasteiger partial charge < -0.3 is 10.2 Å². The van der Waals surface area contributed by atoms with Crippen molar-refractivity contribution in [3.8, 4) is 0 Å². The van der Waals surface area contributed by atoms with Gasteiger partial charge in [0.1, 0.15) is 11.2 Å². The first kappa shape index (κ1) is 17.9. The monoisotopic (exact) mass is 346 g/mol. The summed E-state index contributed by atoms with van der Waals surface area (Å²) in [5.41, 5.74) is -1.01. The third kappa shape index (κ3) is 2.24. The number of rotatable bonds is 2. The number of carboxylic acid groups (broad SMARTS) is 1. The lowest BCUT2D eigenvalue weighted by atomic mass is 9.48. The summed E-state index contributed by atoms with van der Waals surface area (Å²) in [6, 6.07) is 0. The first-order valence-corrected chi connectivity index (χ1v) is 9.05. The van der Waals surface area contributed by atoms with Crippen LogP contribution in [0.2, 0.25) is 0 Å². The number of aliphatic hydroxyl groups is 1. The third-order valence-electron chi connectivity index (χ3n) is 6.54. The number of hydrogen-bond donors (Lipinski definition) is 2. The second-order valence-electron chi connectivity index (χ2n) is 8.64. The molecule has 0 aromatic heterocycles. The van der Waals surface area contributed by atoms with E-state index in [-0.39, 0.29) is 34.2 Å². The molecule has 2 atom stereocenters. The van der Waals surface area contributed by atoms with E-state index in [9.17, 15) is 24.6 Å². The summed E-state index contributed by atoms with van der Waals surface area (Å²) in [7, 11) is 0. The summed E-state index contributed by atoms with van der Waals surface area (Å²) >= 11 is 0. The highest BCUT2D eigenvalue weighted by Crippen LogP contribution is 2.61. The zero-order valence-electron chi connectivity index (χ0n) is 15.3. The zero-order valence-corrected chi connectivity index (χ0v) is 15.3. The van der Waals surface area contributed by atoms with Crippen molar-refractivity contribution in [2.24, 2.45) is 22.7 Å². The Morgan fingerprint density at radius 3 is 2.36 bits per heavy atom. The molecule has 0 amide bonds. The van der Waals surface area contributed by atoms with Gasteiger partial charge in [0.15, 0.2) is 0 Å². The number of ketones is 2. The molecule has 0 saturated heterocycles. The second kappa shape index (κ2) is 5.55. The highest BCUT2D eigenvalue weighted by molar-refractivity contribution is 6.51. The van der Waals surface area contributed by atoms with Gasteiger partial charge in [-0.15, -0.1) is 0 Å². The van der Waals surface area contributed by atoms with Gasteiger partial charge in [-0.2, -0.15) is 0 Å². The van der Waals surface area contributed by atoms with Crippen molar-refractivity contribution >= 4 is 17.5 Å². The molecule has 2 N–H and O–H groups in total. The minimum Gasteiger partial charge on any atom is -0.507 e. The molecule has 3 aliphatic rings. The summed E-state index contributed by atoms with van der Waals surface area (Å²) in [5.74, 6) is -3.16. The molecule has 1 saturated carbocycles. The van der Waals surface area contributed by atoms with Gasteiger partial charge in [0.25, 0.3) is 0 Å². The fraction of sp³-hybridized carbons (Fsp3) is 0.650. The number of allylic oxidation sites excluding steroid dienone is 2. The second-order valence-corrected chi connectivity index (χ2v) is 8.64. The summed E-state index contributed by atoms with van der Waals surface area (Å²) in [5, 5.41) is 20.9. The predicted molar refractivity (Wildman–Crippen MR) is 92.0 cm³/mol. The molecular weight excluding hydrogens is 320 g/mol. The lowest BCUT2D eigenvalue weighted by Crippen LogP contribution is -2.55. The Balaban J connectivity index is 2.31. The standard InChI is InChI=1S/C20H26O5/c1-10(2)13-15(21)11-6-7-12-19(3,4)8-5-9-20(12,18(24)25)14(11)17(23)16(13)22/h10,12,21H,5-9H2,1-4H3,(H,24,25)/t12-,20+/m0/s1. The third-order valence-corrected chi connectivity index (χ3v) is 6.54. The molecule has 3 aliphatic carbocycles. The van der Waals surface area contributed by atoms with E-state index in [2.05, 4.69) is 0 Å². The van der Waals surface area contributed by atoms with Gasteiger partial charge in [0.05, 0.1) is 0 Å². The van der Waals surface area contributed by atoms with Gasteiger partial charge in [0.2, 0.25) is 11.6 Å². The molecule has 5 heteroatoms. The van der Waals surface area contributed by atoms with Crippen molar-refractivity contribution in [1.82, 2.24) is 0 Å². The molecule has 0 bridgehead atoms. The van der Waals surface area contributed by atoms with Crippen LogP contribution in [-0.4, -0.2) is 27.7 Å². The maximum Gasteiger partial charge on any atom is 0.314 e. The smallest absolute Gasteiger partial charge is 0.314 e. The first-order valence-electron chi connectivity index (χ1n) is 9.05. The Morgan fingerprint density at radius 1 is 1.16 bits per heavy atom. The lowest BCUT2D eigenvalue weighted by molar-refractivity contribution is -0.159. The van der Waals surface area contributed by atoms with Crippen LogP contribution in [0.1, 0.15) is 59.8 Å². The number of carboxylic acids is 1. The zero-order chi connectivity index (χ0) is 18.7. The summed E-state index contributed by atoms with van der Waals surface area (Å²) in [6.07, 6.45) is 2.99. The minimum absolute atomic E-state index is 0.0657. The van der Waals surface area contributed by atoms with Gasteiger partial charge in [-0.25, -0.2) is 0 Å². The van der Waals surface area contributed by atoms with Crippen molar-refractivity contribution in [3.05, 3.63) is 22.5 Å². The predicted octanol–water partition coefficient (Wildman–Crippen LogP) is 3.59. The number of carbonyl (C=O) groups is 3. The fourth-order valence-corrected chi connectivity index (χ4v) is 5.44. The Kier molecular flexibility index (Phi) is 3.97. The van der Waals surface area contributed by atoms with Crippen LogP contribution in [0.15, 0.2) is 22.5 Å². The van der Waals surface area contributed by atoms with Crippen LogP contribution >= 0.6 is 0 Å². The van der Waals surface area contributed by atoms with E-state index in [4.69, 9.17) is 0 Å². The van der Waals surface area contributed by atoms with Crippen LogP contribution in [0, 0.1) is 22.7 Å². The highest BCUT2D eigenvalue weighted by Gasteiger charge is 2.61. The Morgan fingerprint density at radius 2 is 1.80 bits per heavy atom. The minimum atomic E-state index is -1.36. The van der Waals surface area contributed by atoms with Crippen LogP contribution in [0.3, 0.4) is 0 Å². The molecule has 0 heterocycles. The molecule has 5 nitrogen and oxygen atoms in total. The van der Waals surface area contributed by atoms with Crippen LogP contribution in [0.25, 0.3) is 0 Å². The molecule has 0 unspecified atom stereocenters. The Labute approximate surface area is 147 Å². The van der Waals surface area contributed by atoms with Gasteiger partial charge in [0, 0.05) is 16.7 Å². The topological polar surface area (TPSA) is 91.7 Å². The maximum atomic E-state index is 13.0. The van der Waals surface area contributed by atoms with E-state index < -0.39 is 23.0 Å². The molecule has 0 aromatic rings. The molecular formula is C20H26O5. The van der Waals surface area contributed by atoms with Gasteiger partial charge in [-0.05, 0) is 42.9 Å². The van der Waals surface area contributed by atoms with E-state index in [0.29, 0.717) is 31.3 Å². The normalized spacial score (nSPS) is 32.0. The van der Waals surface area contributed by atoms with Crippen molar-refractivity contribution in [3.63, 3.8) is 0 Å². The van der Waals surface area contributed by atoms with Crippen LogP contribution < -0.4 is 0 Å². The molecule has 136 valence electrons. The molecule has 0 aromatic carbocycles. The van der Waals surface area contributed by atoms with E-state index in [1.165, 1.54) is 0 Å². The van der Waals surface area contributed by atoms with Gasteiger partial charge in [-0.3, -0.25) is 14.4 Å². The number of Topliss-reactive ketones (excluding diaryl/α,β-unsaturated/α-hetero) is 2. The van der Waals surface area contributed by atoms with Crippen LogP contribution in [0.5, 0.6) is 0 Å². The van der Waals surface area contributed by atoms with E-state index in [1.54, 1.807) is 13.8 Å². The lowest BCUT2D eigenvalue weighted by Gasteiger charge is -2.54. The van der Waals surface area contributed by atoms with E-state index in [1.807, 2.05) is 13.8 Å². The highest BCUT2D eigenvalue weighted by atomic mass is 16.4. The molecule has 0 aliphatic heterocycles. The van der Waals surface area contributed by atoms with Crippen LogP contribution in [-0.2, 0) is 14.4 Å². The van der Waals surface area contributed by atoms with E-state index >= 15 is 0 Å². The average molecular weight is 346 g/mol. The number of aliphatic hydroxyl groups excluding tert-OH is 1. The Bertz CT molecular complexity index is 737. The number of hydrogen-bond acceptors (Lipinski definition) is 4. The number of carbonyl (C=O) groups excluding carboxylic acids is 2.